The summed E-state index contributed by atoms with van der Waals surface area (Å²) in [6.07, 6.45) is 1.23. The van der Waals surface area contributed by atoms with E-state index < -0.39 is 5.92 Å². The fourth-order valence-corrected chi connectivity index (χ4v) is 2.76. The summed E-state index contributed by atoms with van der Waals surface area (Å²) in [4.78, 5) is 24.9. The van der Waals surface area contributed by atoms with Crippen molar-refractivity contribution in [3.05, 3.63) is 59.7 Å². The highest BCUT2D eigenvalue weighted by Crippen LogP contribution is 2.29. The number of ketones is 1. The molecule has 3 rings (SSSR count). The molecule has 1 unspecified atom stereocenters. The quantitative estimate of drug-likeness (QED) is 0.885. The molecule has 0 spiro atoms. The van der Waals surface area contributed by atoms with Crippen LogP contribution in [0.25, 0.3) is 0 Å². The zero-order valence-electron chi connectivity index (χ0n) is 12.3. The minimum absolute atomic E-state index is 0.114. The fourth-order valence-electron chi connectivity index (χ4n) is 2.76. The predicted molar refractivity (Wildman–Crippen MR) is 84.2 cm³/mol. The van der Waals surface area contributed by atoms with Crippen LogP contribution in [-0.2, 0) is 11.2 Å². The number of hydrogen-bond acceptors (Lipinski definition) is 3. The molecule has 1 N–H and O–H groups in total. The average molecular weight is 295 g/mol. The normalized spacial score (nSPS) is 16.8. The summed E-state index contributed by atoms with van der Waals surface area (Å²) >= 11 is 0. The van der Waals surface area contributed by atoms with E-state index in [9.17, 15) is 9.59 Å². The highest BCUT2D eigenvalue weighted by Gasteiger charge is 2.32. The van der Waals surface area contributed by atoms with Gasteiger partial charge >= 0.3 is 0 Å². The highest BCUT2D eigenvalue weighted by molar-refractivity contribution is 6.14. The monoisotopic (exact) mass is 295 g/mol. The van der Waals surface area contributed by atoms with Crippen LogP contribution in [0.1, 0.15) is 22.3 Å². The van der Waals surface area contributed by atoms with Crippen LogP contribution in [0.2, 0.25) is 0 Å². The third kappa shape index (κ3) is 2.72. The molecule has 0 saturated carbocycles. The number of rotatable bonds is 3. The summed E-state index contributed by atoms with van der Waals surface area (Å²) in [5.74, 6) is -0.241. The molecule has 22 heavy (non-hydrogen) atoms. The van der Waals surface area contributed by atoms with Crippen LogP contribution in [0.3, 0.4) is 0 Å². The van der Waals surface area contributed by atoms with Crippen LogP contribution in [0.15, 0.2) is 48.5 Å². The number of anilines is 1. The highest BCUT2D eigenvalue weighted by atomic mass is 16.5. The Hall–Kier alpha value is -2.62. The molecule has 0 bridgehead atoms. The standard InChI is InChI=1S/C18H17NO3/c1-22-14-8-10-15-12(11-14)7-9-16(17(15)20)18(21)19-13-5-3-2-4-6-13/h2-6,8,10-11,16H,7,9H2,1H3,(H,19,21). The maximum Gasteiger partial charge on any atom is 0.235 e. The van der Waals surface area contributed by atoms with Gasteiger partial charge in [-0.15, -0.1) is 0 Å². The van der Waals surface area contributed by atoms with E-state index in [1.807, 2.05) is 36.4 Å². The number of carbonyl (C=O) groups excluding carboxylic acids is 2. The topological polar surface area (TPSA) is 55.4 Å². The van der Waals surface area contributed by atoms with Gasteiger partial charge in [-0.1, -0.05) is 18.2 Å². The van der Waals surface area contributed by atoms with Crippen LogP contribution >= 0.6 is 0 Å². The van der Waals surface area contributed by atoms with E-state index in [4.69, 9.17) is 4.74 Å². The number of hydrogen-bond donors (Lipinski definition) is 1. The third-order valence-electron chi connectivity index (χ3n) is 3.95. The largest absolute Gasteiger partial charge is 0.497 e. The number of nitrogens with one attached hydrogen (secondary N) is 1. The molecule has 0 heterocycles. The molecular weight excluding hydrogens is 278 g/mol. The van der Waals surface area contributed by atoms with Crippen molar-refractivity contribution in [2.45, 2.75) is 12.8 Å². The maximum absolute atomic E-state index is 12.5. The van der Waals surface area contributed by atoms with Crippen LogP contribution in [0.4, 0.5) is 5.69 Å². The molecular formula is C18H17NO3. The minimum atomic E-state index is -0.624. The summed E-state index contributed by atoms with van der Waals surface area (Å²) in [6.45, 7) is 0. The number of fused-ring (bicyclic) bond motifs is 1. The first-order valence-electron chi connectivity index (χ1n) is 7.26. The first-order valence-corrected chi connectivity index (χ1v) is 7.26. The van der Waals surface area contributed by atoms with Crippen molar-refractivity contribution < 1.29 is 14.3 Å². The van der Waals surface area contributed by atoms with E-state index >= 15 is 0 Å². The van der Waals surface area contributed by atoms with Gasteiger partial charge in [-0.3, -0.25) is 9.59 Å². The van der Waals surface area contributed by atoms with E-state index in [-0.39, 0.29) is 11.7 Å². The second kappa shape index (κ2) is 6.02. The van der Waals surface area contributed by atoms with E-state index in [2.05, 4.69) is 5.32 Å². The first-order chi connectivity index (χ1) is 10.7. The first kappa shape index (κ1) is 14.3. The van der Waals surface area contributed by atoms with Gasteiger partial charge in [0.15, 0.2) is 5.78 Å². The Kier molecular flexibility index (Phi) is 3.92. The Morgan fingerprint density at radius 2 is 1.95 bits per heavy atom. The number of benzene rings is 2. The third-order valence-corrected chi connectivity index (χ3v) is 3.95. The average Bonchev–Trinajstić information content (AvgIpc) is 2.55. The lowest BCUT2D eigenvalue weighted by Crippen LogP contribution is -2.33. The molecule has 2 aromatic rings. The molecule has 1 aliphatic rings. The Morgan fingerprint density at radius 3 is 2.68 bits per heavy atom. The molecule has 0 fully saturated rings. The Morgan fingerprint density at radius 1 is 1.18 bits per heavy atom. The second-order valence-electron chi connectivity index (χ2n) is 5.33. The SMILES string of the molecule is COc1ccc2c(c1)CCC(C(=O)Nc1ccccc1)C2=O. The lowest BCUT2D eigenvalue weighted by molar-refractivity contribution is -0.118. The lowest BCUT2D eigenvalue weighted by Gasteiger charge is -2.23. The van der Waals surface area contributed by atoms with Crippen LogP contribution in [0, 0.1) is 5.92 Å². The van der Waals surface area contributed by atoms with Crippen molar-refractivity contribution in [3.63, 3.8) is 0 Å². The number of Topliss-reactive ketones (excluding diaryl/α,β-unsaturated/α-hetero) is 1. The summed E-state index contributed by atoms with van der Waals surface area (Å²) in [7, 11) is 1.60. The minimum Gasteiger partial charge on any atom is -0.497 e. The number of methoxy groups -OCH3 is 1. The van der Waals surface area contributed by atoms with Crippen LogP contribution < -0.4 is 10.1 Å². The van der Waals surface area contributed by atoms with Crippen molar-refractivity contribution in [1.29, 1.82) is 0 Å². The summed E-state index contributed by atoms with van der Waals surface area (Å²) in [6, 6.07) is 14.6. The lowest BCUT2D eigenvalue weighted by atomic mass is 9.82. The molecule has 112 valence electrons. The number of ether oxygens (including phenoxy) is 1. The molecule has 1 atom stereocenters. The van der Waals surface area contributed by atoms with Crippen molar-refractivity contribution in [2.75, 3.05) is 12.4 Å². The number of amides is 1. The van der Waals surface area contributed by atoms with Crippen LogP contribution in [-0.4, -0.2) is 18.8 Å². The molecule has 2 aromatic carbocycles. The van der Waals surface area contributed by atoms with Crippen molar-refractivity contribution in [3.8, 4) is 5.75 Å². The molecule has 4 heteroatoms. The summed E-state index contributed by atoms with van der Waals surface area (Å²) in [5.41, 5.74) is 2.29. The van der Waals surface area contributed by atoms with Crippen molar-refractivity contribution in [1.82, 2.24) is 0 Å². The van der Waals surface area contributed by atoms with Gasteiger partial charge in [0.25, 0.3) is 0 Å². The molecule has 1 amide bonds. The van der Waals surface area contributed by atoms with E-state index in [0.29, 0.717) is 24.1 Å². The second-order valence-corrected chi connectivity index (χ2v) is 5.33. The Balaban J connectivity index is 1.79. The molecule has 1 aliphatic carbocycles. The predicted octanol–water partition coefficient (Wildman–Crippen LogP) is 3.08. The number of aryl methyl sites for hydroxylation is 1. The maximum atomic E-state index is 12.5. The van der Waals surface area contributed by atoms with E-state index in [1.165, 1.54) is 0 Å². The van der Waals surface area contributed by atoms with Crippen LogP contribution in [0.5, 0.6) is 5.75 Å². The van der Waals surface area contributed by atoms with Crippen molar-refractivity contribution >= 4 is 17.4 Å². The van der Waals surface area contributed by atoms with Gasteiger partial charge in [-0.25, -0.2) is 0 Å². The van der Waals surface area contributed by atoms with Gasteiger partial charge < -0.3 is 10.1 Å². The van der Waals surface area contributed by atoms with E-state index in [0.717, 1.165) is 11.3 Å². The van der Waals surface area contributed by atoms with Gasteiger partial charge in [0.1, 0.15) is 11.7 Å². The molecule has 0 radical (unpaired) electrons. The smallest absolute Gasteiger partial charge is 0.235 e. The van der Waals surface area contributed by atoms with Gasteiger partial charge in [-0.05, 0) is 48.7 Å². The van der Waals surface area contributed by atoms with E-state index in [1.54, 1.807) is 19.2 Å². The number of carbonyl (C=O) groups is 2. The zero-order chi connectivity index (χ0) is 15.5. The fraction of sp³-hybridized carbons (Fsp3) is 0.222. The molecule has 0 saturated heterocycles. The van der Waals surface area contributed by atoms with Gasteiger partial charge in [0, 0.05) is 11.3 Å². The Labute approximate surface area is 129 Å². The van der Waals surface area contributed by atoms with Crippen molar-refractivity contribution in [2.24, 2.45) is 5.92 Å². The molecule has 4 nitrogen and oxygen atoms in total. The van der Waals surface area contributed by atoms with Gasteiger partial charge in [0.05, 0.1) is 7.11 Å². The van der Waals surface area contributed by atoms with Gasteiger partial charge in [0.2, 0.25) is 5.91 Å². The Bertz CT molecular complexity index is 710. The zero-order valence-corrected chi connectivity index (χ0v) is 12.3. The summed E-state index contributed by atoms with van der Waals surface area (Å²) in [5, 5.41) is 2.81. The molecule has 0 aromatic heterocycles. The van der Waals surface area contributed by atoms with Gasteiger partial charge in [-0.2, -0.15) is 0 Å². The molecule has 0 aliphatic heterocycles. The summed E-state index contributed by atoms with van der Waals surface area (Å²) < 4.78 is 5.18. The number of para-hydroxylation sites is 1.